The number of nitrogens with zero attached hydrogens (tertiary/aromatic N) is 1. The lowest BCUT2D eigenvalue weighted by Crippen LogP contribution is -2.24. The molecule has 0 spiro atoms. The lowest BCUT2D eigenvalue weighted by molar-refractivity contribution is 1.19. The second-order valence-corrected chi connectivity index (χ2v) is 2.12. The van der Waals surface area contributed by atoms with Crippen molar-refractivity contribution >= 4 is 13.2 Å². The highest BCUT2D eigenvalue weighted by Crippen LogP contribution is 1.80. The molecular weight excluding hydrogens is 134 g/mol. The Labute approximate surface area is 68.1 Å². The fourth-order valence-electron chi connectivity index (χ4n) is 0.658. The van der Waals surface area contributed by atoms with Crippen LogP contribution in [0.4, 0.5) is 0 Å². The molecule has 0 aromatic carbocycles. The van der Waals surface area contributed by atoms with E-state index < -0.39 is 0 Å². The molecule has 0 aliphatic heterocycles. The number of aryl methyl sites for hydroxylation is 1. The maximum Gasteiger partial charge on any atom is 0.0624 e. The fourth-order valence-corrected chi connectivity index (χ4v) is 0.658. The smallest absolute Gasteiger partial charge is 0.0624 e. The Balaban J connectivity index is 0.000000461. The molecule has 11 heavy (non-hydrogen) atoms. The van der Waals surface area contributed by atoms with Gasteiger partial charge in [0.25, 0.3) is 0 Å². The van der Waals surface area contributed by atoms with Crippen LogP contribution >= 0.6 is 0 Å². The Hall–Kier alpha value is -1.11. The van der Waals surface area contributed by atoms with Crippen molar-refractivity contribution in [2.75, 3.05) is 0 Å². The molecule has 1 aromatic rings. The van der Waals surface area contributed by atoms with E-state index in [9.17, 15) is 0 Å². The van der Waals surface area contributed by atoms with Crippen molar-refractivity contribution in [2.45, 2.75) is 20.8 Å². The van der Waals surface area contributed by atoms with E-state index in [1.165, 1.54) is 0 Å². The second kappa shape index (κ2) is 4.67. The lowest BCUT2D eigenvalue weighted by atomic mass is 10.3. The van der Waals surface area contributed by atoms with Crippen molar-refractivity contribution in [1.82, 2.24) is 4.98 Å². The summed E-state index contributed by atoms with van der Waals surface area (Å²) in [5.41, 5.74) is 1.13. The van der Waals surface area contributed by atoms with Crippen LogP contribution in [0.2, 0.25) is 0 Å². The number of aromatic nitrogens is 1. The zero-order valence-corrected chi connectivity index (χ0v) is 7.52. The van der Waals surface area contributed by atoms with Crippen molar-refractivity contribution < 1.29 is 0 Å². The lowest BCUT2D eigenvalue weighted by Gasteiger charge is -1.87. The van der Waals surface area contributed by atoms with Gasteiger partial charge in [-0.1, -0.05) is 27.0 Å². The highest BCUT2D eigenvalue weighted by Gasteiger charge is 1.81. The van der Waals surface area contributed by atoms with Crippen molar-refractivity contribution in [3.63, 3.8) is 0 Å². The van der Waals surface area contributed by atoms with Crippen molar-refractivity contribution in [2.24, 2.45) is 0 Å². The molecule has 0 fully saturated rings. The average molecular weight is 149 g/mol. The Morgan fingerprint density at radius 2 is 1.82 bits per heavy atom. The number of hydrogen-bond acceptors (Lipinski definition) is 1. The molecule has 1 aromatic heterocycles. The number of rotatable bonds is 0. The van der Waals surface area contributed by atoms with E-state index in [1.54, 1.807) is 6.20 Å². The third kappa shape index (κ3) is 2.99. The quantitative estimate of drug-likeness (QED) is 0.541. The van der Waals surface area contributed by atoms with Gasteiger partial charge in [0.2, 0.25) is 0 Å². The molecule has 0 unspecified atom stereocenters. The van der Waals surface area contributed by atoms with Gasteiger partial charge in [0.1, 0.15) is 0 Å². The van der Waals surface area contributed by atoms with Crippen LogP contribution in [0.5, 0.6) is 0 Å². The topological polar surface area (TPSA) is 12.9 Å². The van der Waals surface area contributed by atoms with E-state index in [4.69, 9.17) is 0 Å². The monoisotopic (exact) mass is 149 g/mol. The first kappa shape index (κ1) is 9.89. The first-order valence-corrected chi connectivity index (χ1v) is 3.80. The van der Waals surface area contributed by atoms with Crippen LogP contribution in [0.1, 0.15) is 19.4 Å². The maximum absolute atomic E-state index is 4.00. The molecule has 60 valence electrons. The molecule has 0 saturated heterocycles. The molecule has 0 saturated carbocycles. The number of pyridine rings is 1. The molecule has 0 bridgehead atoms. The van der Waals surface area contributed by atoms with Gasteiger partial charge in [-0.15, -0.1) is 0 Å². The van der Waals surface area contributed by atoms with Crippen LogP contribution in [0.25, 0.3) is 13.2 Å². The SMILES string of the molecule is C=c1cc(C)cnc1=C.CC. The Kier molecular flexibility index (Phi) is 4.20. The van der Waals surface area contributed by atoms with Gasteiger partial charge in [-0.05, 0) is 23.8 Å². The van der Waals surface area contributed by atoms with Gasteiger partial charge >= 0.3 is 0 Å². The Morgan fingerprint density at radius 1 is 1.27 bits per heavy atom. The van der Waals surface area contributed by atoms with E-state index >= 15 is 0 Å². The van der Waals surface area contributed by atoms with Gasteiger partial charge in [-0.3, -0.25) is 4.98 Å². The van der Waals surface area contributed by atoms with E-state index in [0.29, 0.717) is 0 Å². The van der Waals surface area contributed by atoms with Gasteiger partial charge in [0.15, 0.2) is 0 Å². The summed E-state index contributed by atoms with van der Waals surface area (Å²) in [6, 6.07) is 1.97. The predicted molar refractivity (Wildman–Crippen MR) is 50.6 cm³/mol. The fraction of sp³-hybridized carbons (Fsp3) is 0.300. The molecule has 0 aliphatic carbocycles. The van der Waals surface area contributed by atoms with Gasteiger partial charge < -0.3 is 0 Å². The zero-order valence-electron chi connectivity index (χ0n) is 7.52. The van der Waals surface area contributed by atoms with Gasteiger partial charge in [0, 0.05) is 6.20 Å². The summed E-state index contributed by atoms with van der Waals surface area (Å²) in [6.45, 7) is 13.4. The molecule has 1 nitrogen and oxygen atoms in total. The van der Waals surface area contributed by atoms with Crippen LogP contribution in [0, 0.1) is 6.92 Å². The summed E-state index contributed by atoms with van der Waals surface area (Å²) < 4.78 is 0. The van der Waals surface area contributed by atoms with Crippen molar-refractivity contribution in [3.8, 4) is 0 Å². The molecule has 0 aliphatic rings. The zero-order chi connectivity index (χ0) is 8.85. The molecule has 1 heterocycles. The average Bonchev–Trinajstić information content (AvgIpc) is 2.02. The number of hydrogen-bond donors (Lipinski definition) is 0. The van der Waals surface area contributed by atoms with Crippen molar-refractivity contribution in [3.05, 3.63) is 28.4 Å². The Bertz CT molecular complexity index is 301. The van der Waals surface area contributed by atoms with Gasteiger partial charge in [-0.25, -0.2) is 0 Å². The maximum atomic E-state index is 4.00. The second-order valence-electron chi connectivity index (χ2n) is 2.12. The normalized spacial score (nSPS) is 8.27. The summed E-state index contributed by atoms with van der Waals surface area (Å²) in [7, 11) is 0. The van der Waals surface area contributed by atoms with Crippen LogP contribution in [-0.4, -0.2) is 4.98 Å². The molecular formula is C10H15N. The molecule has 0 atom stereocenters. The molecule has 0 amide bonds. The van der Waals surface area contributed by atoms with Crippen molar-refractivity contribution in [1.29, 1.82) is 0 Å². The minimum absolute atomic E-state index is 0.764. The molecule has 1 rings (SSSR count). The molecule has 1 heteroatoms. The minimum Gasteiger partial charge on any atom is -0.257 e. The summed E-state index contributed by atoms with van der Waals surface area (Å²) >= 11 is 0. The van der Waals surface area contributed by atoms with Gasteiger partial charge in [0.05, 0.1) is 5.35 Å². The first-order valence-electron chi connectivity index (χ1n) is 3.80. The summed E-state index contributed by atoms with van der Waals surface area (Å²) in [4.78, 5) is 4.00. The van der Waals surface area contributed by atoms with Crippen LogP contribution in [-0.2, 0) is 0 Å². The summed E-state index contributed by atoms with van der Waals surface area (Å²) in [5, 5.41) is 1.68. The highest BCUT2D eigenvalue weighted by molar-refractivity contribution is 5.15. The molecule has 0 radical (unpaired) electrons. The van der Waals surface area contributed by atoms with E-state index in [0.717, 1.165) is 16.1 Å². The van der Waals surface area contributed by atoms with E-state index in [2.05, 4.69) is 18.1 Å². The van der Waals surface area contributed by atoms with Crippen LogP contribution in [0.15, 0.2) is 12.3 Å². The summed E-state index contributed by atoms with van der Waals surface area (Å²) in [5.74, 6) is 0. The molecule has 0 N–H and O–H groups in total. The standard InChI is InChI=1S/C8H9N.C2H6/c1-6-4-7(2)8(3)9-5-6;1-2/h4-5H,2-3H2,1H3;1-2H3. The highest BCUT2D eigenvalue weighted by atomic mass is 14.6. The summed E-state index contributed by atoms with van der Waals surface area (Å²) in [6.07, 6.45) is 1.79. The third-order valence-corrected chi connectivity index (χ3v) is 1.20. The Morgan fingerprint density at radius 3 is 2.18 bits per heavy atom. The first-order chi connectivity index (χ1) is 5.20. The minimum atomic E-state index is 0.764. The predicted octanol–water partition coefficient (Wildman–Crippen LogP) is 1.24. The van der Waals surface area contributed by atoms with E-state index in [1.807, 2.05) is 26.8 Å². The largest absolute Gasteiger partial charge is 0.257 e. The third-order valence-electron chi connectivity index (χ3n) is 1.20. The van der Waals surface area contributed by atoms with Crippen LogP contribution in [0.3, 0.4) is 0 Å². The van der Waals surface area contributed by atoms with E-state index in [-0.39, 0.29) is 0 Å². The van der Waals surface area contributed by atoms with Gasteiger partial charge in [-0.2, -0.15) is 0 Å². The van der Waals surface area contributed by atoms with Crippen LogP contribution < -0.4 is 10.6 Å².